The van der Waals surface area contributed by atoms with Gasteiger partial charge in [0.2, 0.25) is 5.91 Å². The van der Waals surface area contributed by atoms with Crippen LogP contribution in [0.3, 0.4) is 0 Å². The van der Waals surface area contributed by atoms with Gasteiger partial charge in [-0.15, -0.1) is 0 Å². The Morgan fingerprint density at radius 1 is 1.12 bits per heavy atom. The molecule has 90 valence electrons. The first kappa shape index (κ1) is 10.6. The van der Waals surface area contributed by atoms with Crippen LogP contribution in [0.2, 0.25) is 0 Å². The van der Waals surface area contributed by atoms with Gasteiger partial charge in [0.1, 0.15) is 0 Å². The molecule has 0 N–H and O–H groups in total. The molecule has 1 saturated heterocycles. The highest BCUT2D eigenvalue weighted by Crippen LogP contribution is 2.31. The largest absolute Gasteiger partial charge is 0.374 e. The second kappa shape index (κ2) is 4.06. The molecule has 17 heavy (non-hydrogen) atoms. The number of hydrogen-bond acceptors (Lipinski definition) is 2. The summed E-state index contributed by atoms with van der Waals surface area (Å²) >= 11 is 0. The summed E-state index contributed by atoms with van der Waals surface area (Å²) in [4.78, 5) is 16.1. The minimum Gasteiger partial charge on any atom is -0.374 e. The van der Waals surface area contributed by atoms with E-state index < -0.39 is 0 Å². The monoisotopic (exact) mass is 230 g/mol. The third-order valence-electron chi connectivity index (χ3n) is 3.83. The summed E-state index contributed by atoms with van der Waals surface area (Å²) < 4.78 is 0. The smallest absolute Gasteiger partial charge is 0.226 e. The summed E-state index contributed by atoms with van der Waals surface area (Å²) in [5, 5.41) is 0. The topological polar surface area (TPSA) is 23.6 Å². The van der Waals surface area contributed by atoms with Crippen molar-refractivity contribution in [2.24, 2.45) is 0 Å². The molecule has 3 heteroatoms. The first-order chi connectivity index (χ1) is 8.25. The molecule has 3 nitrogen and oxygen atoms in total. The lowest BCUT2D eigenvalue weighted by molar-refractivity contribution is -0.119. The molecule has 1 amide bonds. The molecule has 3 rings (SSSR count). The Hall–Kier alpha value is -1.51. The Labute approximate surface area is 102 Å². The summed E-state index contributed by atoms with van der Waals surface area (Å²) in [7, 11) is 2.12. The molecular formula is C14H18N2O. The first-order valence-corrected chi connectivity index (χ1v) is 6.40. The van der Waals surface area contributed by atoms with Crippen molar-refractivity contribution in [2.45, 2.75) is 25.7 Å². The van der Waals surface area contributed by atoms with E-state index in [9.17, 15) is 4.79 Å². The van der Waals surface area contributed by atoms with Crippen LogP contribution in [0.25, 0.3) is 0 Å². The number of carbonyl (C=O) groups is 1. The van der Waals surface area contributed by atoms with Crippen LogP contribution < -0.4 is 9.80 Å². The number of nitrogens with zero attached hydrogens (tertiary/aromatic N) is 2. The van der Waals surface area contributed by atoms with Crippen molar-refractivity contribution >= 4 is 17.3 Å². The Morgan fingerprint density at radius 2 is 2.00 bits per heavy atom. The fourth-order valence-corrected chi connectivity index (χ4v) is 2.80. The molecule has 2 heterocycles. The fourth-order valence-electron chi connectivity index (χ4n) is 2.80. The Bertz CT molecular complexity index is 456. The van der Waals surface area contributed by atoms with Gasteiger partial charge >= 0.3 is 0 Å². The van der Waals surface area contributed by atoms with Gasteiger partial charge in [0, 0.05) is 37.9 Å². The minimum atomic E-state index is 0.280. The molecule has 0 unspecified atom stereocenters. The maximum Gasteiger partial charge on any atom is 0.226 e. The summed E-state index contributed by atoms with van der Waals surface area (Å²) in [6.45, 7) is 1.97. The van der Waals surface area contributed by atoms with Crippen LogP contribution in [0.1, 0.15) is 24.8 Å². The van der Waals surface area contributed by atoms with E-state index in [1.807, 2.05) is 4.90 Å². The molecule has 2 aliphatic heterocycles. The SMILES string of the molecule is CN1CCc2cc(N3CCCCC3=O)ccc21. The average molecular weight is 230 g/mol. The molecule has 0 aliphatic carbocycles. The molecule has 0 spiro atoms. The Kier molecular flexibility index (Phi) is 2.54. The second-order valence-electron chi connectivity index (χ2n) is 4.99. The number of likely N-dealkylation sites (N-methyl/N-ethyl adjacent to an activating group) is 1. The minimum absolute atomic E-state index is 0.280. The van der Waals surface area contributed by atoms with Crippen molar-refractivity contribution in [2.75, 3.05) is 29.9 Å². The molecule has 0 saturated carbocycles. The van der Waals surface area contributed by atoms with E-state index in [2.05, 4.69) is 30.1 Å². The molecule has 1 fully saturated rings. The van der Waals surface area contributed by atoms with Gasteiger partial charge in [0.05, 0.1) is 0 Å². The van der Waals surface area contributed by atoms with Crippen LogP contribution >= 0.6 is 0 Å². The summed E-state index contributed by atoms with van der Waals surface area (Å²) in [6, 6.07) is 6.44. The predicted molar refractivity (Wildman–Crippen MR) is 69.6 cm³/mol. The third kappa shape index (κ3) is 1.79. The Balaban J connectivity index is 1.91. The normalized spacial score (nSPS) is 19.7. The first-order valence-electron chi connectivity index (χ1n) is 6.40. The molecular weight excluding hydrogens is 212 g/mol. The van der Waals surface area contributed by atoms with Gasteiger partial charge < -0.3 is 9.80 Å². The number of benzene rings is 1. The van der Waals surface area contributed by atoms with E-state index in [-0.39, 0.29) is 5.91 Å². The van der Waals surface area contributed by atoms with Gasteiger partial charge in [-0.25, -0.2) is 0 Å². The Morgan fingerprint density at radius 3 is 2.82 bits per heavy atom. The van der Waals surface area contributed by atoms with E-state index in [1.54, 1.807) is 0 Å². The van der Waals surface area contributed by atoms with Crippen LogP contribution in [-0.2, 0) is 11.2 Å². The van der Waals surface area contributed by atoms with E-state index in [0.717, 1.165) is 38.0 Å². The van der Waals surface area contributed by atoms with Crippen molar-refractivity contribution in [3.63, 3.8) is 0 Å². The van der Waals surface area contributed by atoms with Crippen LogP contribution in [0.15, 0.2) is 18.2 Å². The quantitative estimate of drug-likeness (QED) is 0.738. The summed E-state index contributed by atoms with van der Waals surface area (Å²) in [5.74, 6) is 0.280. The van der Waals surface area contributed by atoms with E-state index in [4.69, 9.17) is 0 Å². The average Bonchev–Trinajstić information content (AvgIpc) is 2.71. The van der Waals surface area contributed by atoms with Crippen LogP contribution in [0.5, 0.6) is 0 Å². The van der Waals surface area contributed by atoms with Gasteiger partial charge in [0.15, 0.2) is 0 Å². The van der Waals surface area contributed by atoms with Crippen molar-refractivity contribution in [3.8, 4) is 0 Å². The van der Waals surface area contributed by atoms with Crippen molar-refractivity contribution in [1.29, 1.82) is 0 Å². The van der Waals surface area contributed by atoms with E-state index >= 15 is 0 Å². The maximum atomic E-state index is 11.9. The van der Waals surface area contributed by atoms with Gasteiger partial charge in [0.25, 0.3) is 0 Å². The van der Waals surface area contributed by atoms with Crippen molar-refractivity contribution in [3.05, 3.63) is 23.8 Å². The van der Waals surface area contributed by atoms with Crippen molar-refractivity contribution in [1.82, 2.24) is 0 Å². The van der Waals surface area contributed by atoms with Gasteiger partial charge in [-0.1, -0.05) is 0 Å². The molecule has 0 atom stereocenters. The van der Waals surface area contributed by atoms with Crippen LogP contribution in [-0.4, -0.2) is 26.0 Å². The molecule has 1 aromatic carbocycles. The summed E-state index contributed by atoms with van der Waals surface area (Å²) in [5.41, 5.74) is 3.78. The highest BCUT2D eigenvalue weighted by atomic mass is 16.2. The van der Waals surface area contributed by atoms with Gasteiger partial charge in [-0.3, -0.25) is 4.79 Å². The lowest BCUT2D eigenvalue weighted by Gasteiger charge is -2.27. The lowest BCUT2D eigenvalue weighted by atomic mass is 10.1. The third-order valence-corrected chi connectivity index (χ3v) is 3.83. The highest BCUT2D eigenvalue weighted by Gasteiger charge is 2.22. The zero-order chi connectivity index (χ0) is 11.8. The van der Waals surface area contributed by atoms with E-state index in [0.29, 0.717) is 6.42 Å². The number of amides is 1. The molecule has 0 bridgehead atoms. The van der Waals surface area contributed by atoms with E-state index in [1.165, 1.54) is 11.3 Å². The number of fused-ring (bicyclic) bond motifs is 1. The van der Waals surface area contributed by atoms with Crippen LogP contribution in [0.4, 0.5) is 11.4 Å². The molecule has 0 radical (unpaired) electrons. The number of carbonyl (C=O) groups excluding carboxylic acids is 1. The highest BCUT2D eigenvalue weighted by molar-refractivity contribution is 5.94. The zero-order valence-electron chi connectivity index (χ0n) is 10.3. The molecule has 1 aromatic rings. The predicted octanol–water partition coefficient (Wildman–Crippen LogP) is 2.20. The standard InChI is InChI=1S/C14H18N2O/c1-15-9-7-11-10-12(5-6-13(11)15)16-8-3-2-4-14(16)17/h5-6,10H,2-4,7-9H2,1H3. The number of hydrogen-bond donors (Lipinski definition) is 0. The lowest BCUT2D eigenvalue weighted by Crippen LogP contribution is -2.35. The number of rotatable bonds is 1. The second-order valence-corrected chi connectivity index (χ2v) is 4.99. The van der Waals surface area contributed by atoms with Gasteiger partial charge in [-0.05, 0) is 43.0 Å². The summed E-state index contributed by atoms with van der Waals surface area (Å²) in [6.07, 6.45) is 3.98. The fraction of sp³-hybridized carbons (Fsp3) is 0.500. The molecule has 2 aliphatic rings. The maximum absolute atomic E-state index is 11.9. The van der Waals surface area contributed by atoms with Gasteiger partial charge in [-0.2, -0.15) is 0 Å². The van der Waals surface area contributed by atoms with Crippen LogP contribution in [0, 0.1) is 0 Å². The number of anilines is 2. The molecule has 0 aromatic heterocycles. The number of piperidine rings is 1. The van der Waals surface area contributed by atoms with Crippen molar-refractivity contribution < 1.29 is 4.79 Å². The zero-order valence-corrected chi connectivity index (χ0v) is 10.3.